The number of rotatable bonds is 5. The Balaban J connectivity index is 2.05. The largest absolute Gasteiger partial charge is 0.356 e. The van der Waals surface area contributed by atoms with Crippen LogP contribution in [0.3, 0.4) is 0 Å². The molecule has 0 spiro atoms. The van der Waals surface area contributed by atoms with Crippen LogP contribution in [-0.4, -0.2) is 42.8 Å². The van der Waals surface area contributed by atoms with Gasteiger partial charge in [-0.3, -0.25) is 14.5 Å². The van der Waals surface area contributed by atoms with Gasteiger partial charge in [-0.1, -0.05) is 23.2 Å². The van der Waals surface area contributed by atoms with Gasteiger partial charge in [-0.05, 0) is 51.4 Å². The van der Waals surface area contributed by atoms with Crippen LogP contribution in [0.2, 0.25) is 10.0 Å². The third-order valence-corrected chi connectivity index (χ3v) is 4.81. The molecule has 23 heavy (non-hydrogen) atoms. The number of nitrogens with one attached hydrogen (secondary N) is 1. The number of nitrogens with zero attached hydrogens (tertiary/aromatic N) is 1. The summed E-state index contributed by atoms with van der Waals surface area (Å²) in [4.78, 5) is 26.8. The molecule has 1 aliphatic rings. The summed E-state index contributed by atoms with van der Waals surface area (Å²) in [5.41, 5.74) is 0.0274. The fraction of sp³-hybridized carbons (Fsp3) is 0.529. The number of likely N-dealkylation sites (tertiary alicyclic amines) is 1. The van der Waals surface area contributed by atoms with Crippen LogP contribution in [0.25, 0.3) is 0 Å². The molecule has 6 heteroatoms. The molecule has 0 bridgehead atoms. The average Bonchev–Trinajstić information content (AvgIpc) is 2.47. The molecule has 1 atom stereocenters. The number of hydrogen-bond donors (Lipinski definition) is 1. The summed E-state index contributed by atoms with van der Waals surface area (Å²) >= 11 is 12.0. The molecule has 4 nitrogen and oxygen atoms in total. The lowest BCUT2D eigenvalue weighted by Gasteiger charge is -2.39. The van der Waals surface area contributed by atoms with E-state index in [1.54, 1.807) is 18.2 Å². The first kappa shape index (κ1) is 18.2. The number of carbonyl (C=O) groups excluding carboxylic acids is 2. The minimum Gasteiger partial charge on any atom is -0.356 e. The lowest BCUT2D eigenvalue weighted by atomic mass is 9.81. The molecule has 2 rings (SSSR count). The van der Waals surface area contributed by atoms with E-state index in [1.165, 1.54) is 0 Å². The smallest absolute Gasteiger partial charge is 0.227 e. The SMILES string of the molecule is CCNC(=O)C1(C)CCCN(CC(=O)c2ccc(Cl)cc2Cl)C1. The highest BCUT2D eigenvalue weighted by molar-refractivity contribution is 6.36. The van der Waals surface area contributed by atoms with Crippen LogP contribution < -0.4 is 5.32 Å². The molecule has 126 valence electrons. The molecule has 0 aliphatic carbocycles. The molecule has 1 fully saturated rings. The first-order valence-electron chi connectivity index (χ1n) is 7.84. The number of hydrogen-bond acceptors (Lipinski definition) is 3. The predicted octanol–water partition coefficient (Wildman–Crippen LogP) is 3.41. The Morgan fingerprint density at radius 1 is 1.35 bits per heavy atom. The van der Waals surface area contributed by atoms with Crippen molar-refractivity contribution in [1.29, 1.82) is 0 Å². The zero-order valence-electron chi connectivity index (χ0n) is 13.5. The average molecular weight is 357 g/mol. The van der Waals surface area contributed by atoms with E-state index < -0.39 is 5.41 Å². The third-order valence-electron chi connectivity index (χ3n) is 4.26. The van der Waals surface area contributed by atoms with E-state index in [0.717, 1.165) is 19.4 Å². The zero-order chi connectivity index (χ0) is 17.0. The number of ketones is 1. The number of Topliss-reactive ketones (excluding diaryl/α,β-unsaturated/α-hetero) is 1. The van der Waals surface area contributed by atoms with Crippen molar-refractivity contribution in [2.45, 2.75) is 26.7 Å². The fourth-order valence-electron chi connectivity index (χ4n) is 3.04. The van der Waals surface area contributed by atoms with Gasteiger partial charge in [0.15, 0.2) is 5.78 Å². The van der Waals surface area contributed by atoms with E-state index in [9.17, 15) is 9.59 Å². The monoisotopic (exact) mass is 356 g/mol. The van der Waals surface area contributed by atoms with Crippen molar-refractivity contribution >= 4 is 34.9 Å². The number of amides is 1. The van der Waals surface area contributed by atoms with Crippen LogP contribution in [0.4, 0.5) is 0 Å². The normalized spacial score (nSPS) is 21.9. The lowest BCUT2D eigenvalue weighted by Crippen LogP contribution is -2.51. The van der Waals surface area contributed by atoms with E-state index in [-0.39, 0.29) is 18.2 Å². The van der Waals surface area contributed by atoms with Crippen LogP contribution in [0.1, 0.15) is 37.0 Å². The number of carbonyl (C=O) groups is 2. The second-order valence-electron chi connectivity index (χ2n) is 6.28. The summed E-state index contributed by atoms with van der Waals surface area (Å²) in [7, 11) is 0. The van der Waals surface area contributed by atoms with Crippen LogP contribution in [-0.2, 0) is 4.79 Å². The second kappa shape index (κ2) is 7.65. The molecular weight excluding hydrogens is 335 g/mol. The van der Waals surface area contributed by atoms with Crippen molar-refractivity contribution in [1.82, 2.24) is 10.2 Å². The van der Waals surface area contributed by atoms with Gasteiger partial charge >= 0.3 is 0 Å². The summed E-state index contributed by atoms with van der Waals surface area (Å²) in [6.45, 7) is 6.14. The summed E-state index contributed by atoms with van der Waals surface area (Å²) in [6, 6.07) is 4.89. The van der Waals surface area contributed by atoms with Crippen LogP contribution in [0, 0.1) is 5.41 Å². The second-order valence-corrected chi connectivity index (χ2v) is 7.13. The Hall–Kier alpha value is -1.10. The van der Waals surface area contributed by atoms with Crippen molar-refractivity contribution in [3.8, 4) is 0 Å². The molecular formula is C17H22Cl2N2O2. The van der Waals surface area contributed by atoms with Gasteiger partial charge in [0.2, 0.25) is 5.91 Å². The first-order valence-corrected chi connectivity index (χ1v) is 8.60. The van der Waals surface area contributed by atoms with E-state index in [4.69, 9.17) is 23.2 Å². The molecule has 1 heterocycles. The minimum atomic E-state index is -0.446. The van der Waals surface area contributed by atoms with E-state index in [2.05, 4.69) is 5.32 Å². The minimum absolute atomic E-state index is 0.0492. The Bertz CT molecular complexity index is 606. The summed E-state index contributed by atoms with van der Waals surface area (Å²) in [5.74, 6) is 0.00786. The van der Waals surface area contributed by atoms with Crippen molar-refractivity contribution < 1.29 is 9.59 Å². The van der Waals surface area contributed by atoms with E-state index in [1.807, 2.05) is 18.7 Å². The summed E-state index contributed by atoms with van der Waals surface area (Å²) in [6.07, 6.45) is 1.74. The van der Waals surface area contributed by atoms with Gasteiger partial charge in [0.1, 0.15) is 0 Å². The van der Waals surface area contributed by atoms with Crippen LogP contribution >= 0.6 is 23.2 Å². The fourth-order valence-corrected chi connectivity index (χ4v) is 3.56. The molecule has 1 N–H and O–H groups in total. The maximum absolute atomic E-state index is 12.5. The van der Waals surface area contributed by atoms with Gasteiger partial charge in [0.05, 0.1) is 17.0 Å². The highest BCUT2D eigenvalue weighted by Crippen LogP contribution is 2.30. The highest BCUT2D eigenvalue weighted by atomic mass is 35.5. The molecule has 1 unspecified atom stereocenters. The predicted molar refractivity (Wildman–Crippen MR) is 93.3 cm³/mol. The van der Waals surface area contributed by atoms with Gasteiger partial charge in [0.25, 0.3) is 0 Å². The van der Waals surface area contributed by atoms with Crippen molar-refractivity contribution in [2.75, 3.05) is 26.2 Å². The molecule has 1 aliphatic heterocycles. The zero-order valence-corrected chi connectivity index (χ0v) is 15.0. The molecule has 1 amide bonds. The third kappa shape index (κ3) is 4.46. The van der Waals surface area contributed by atoms with E-state index >= 15 is 0 Å². The highest BCUT2D eigenvalue weighted by Gasteiger charge is 2.37. The number of benzene rings is 1. The molecule has 1 aromatic rings. The quantitative estimate of drug-likeness (QED) is 0.822. The maximum Gasteiger partial charge on any atom is 0.227 e. The molecule has 1 aromatic carbocycles. The Labute approximate surface area is 147 Å². The summed E-state index contributed by atoms with van der Waals surface area (Å²) in [5, 5.41) is 3.76. The van der Waals surface area contributed by atoms with Crippen molar-refractivity contribution in [3.05, 3.63) is 33.8 Å². The number of piperidine rings is 1. The maximum atomic E-state index is 12.5. The van der Waals surface area contributed by atoms with E-state index in [0.29, 0.717) is 28.7 Å². The Kier molecular flexibility index (Phi) is 6.06. The van der Waals surface area contributed by atoms with Gasteiger partial charge in [0, 0.05) is 23.7 Å². The molecule has 0 aromatic heterocycles. The van der Waals surface area contributed by atoms with Gasteiger partial charge < -0.3 is 5.32 Å². The Morgan fingerprint density at radius 3 is 2.74 bits per heavy atom. The van der Waals surface area contributed by atoms with Crippen LogP contribution in [0.15, 0.2) is 18.2 Å². The van der Waals surface area contributed by atoms with Gasteiger partial charge in [-0.15, -0.1) is 0 Å². The van der Waals surface area contributed by atoms with Gasteiger partial charge in [-0.25, -0.2) is 0 Å². The lowest BCUT2D eigenvalue weighted by molar-refractivity contribution is -0.133. The summed E-state index contributed by atoms with van der Waals surface area (Å²) < 4.78 is 0. The molecule has 0 radical (unpaired) electrons. The van der Waals surface area contributed by atoms with Gasteiger partial charge in [-0.2, -0.15) is 0 Å². The number of halogens is 2. The molecule has 0 saturated carbocycles. The first-order chi connectivity index (χ1) is 10.9. The van der Waals surface area contributed by atoms with Crippen molar-refractivity contribution in [3.63, 3.8) is 0 Å². The standard InChI is InChI=1S/C17H22Cl2N2O2/c1-3-20-16(23)17(2)7-4-8-21(11-17)10-15(22)13-6-5-12(18)9-14(13)19/h5-6,9H,3-4,7-8,10-11H2,1-2H3,(H,20,23). The topological polar surface area (TPSA) is 49.4 Å². The Morgan fingerprint density at radius 2 is 2.09 bits per heavy atom. The van der Waals surface area contributed by atoms with Crippen LogP contribution in [0.5, 0.6) is 0 Å². The van der Waals surface area contributed by atoms with Crippen molar-refractivity contribution in [2.24, 2.45) is 5.41 Å². The molecule has 1 saturated heterocycles.